The Bertz CT molecular complexity index is 498. The van der Waals surface area contributed by atoms with Crippen LogP contribution in [0.5, 0.6) is 0 Å². The van der Waals surface area contributed by atoms with E-state index in [4.69, 9.17) is 0 Å². The van der Waals surface area contributed by atoms with Gasteiger partial charge in [-0.05, 0) is 50.0 Å². The molecule has 1 aliphatic rings. The molecule has 0 bridgehead atoms. The molecule has 4 heteroatoms. The summed E-state index contributed by atoms with van der Waals surface area (Å²) in [5, 5.41) is 0. The van der Waals surface area contributed by atoms with Crippen LogP contribution in [-0.4, -0.2) is 48.4 Å². The monoisotopic (exact) mass is 366 g/mol. The Kier molecular flexibility index (Phi) is 6.45. The SMILES string of the molecule is CC(C)C(CN1CCCCC1)N(C)C(=O)c1cccc(Br)c1. The second kappa shape index (κ2) is 8.11. The zero-order valence-corrected chi connectivity index (χ0v) is 15.5. The van der Waals surface area contributed by atoms with E-state index < -0.39 is 0 Å². The van der Waals surface area contributed by atoms with Crippen molar-refractivity contribution in [2.45, 2.75) is 39.2 Å². The van der Waals surface area contributed by atoms with Crippen molar-refractivity contribution >= 4 is 21.8 Å². The summed E-state index contributed by atoms with van der Waals surface area (Å²) in [6.45, 7) is 7.73. The Labute approximate surface area is 142 Å². The lowest BCUT2D eigenvalue weighted by Crippen LogP contribution is -2.48. The minimum Gasteiger partial charge on any atom is -0.337 e. The van der Waals surface area contributed by atoms with E-state index in [1.54, 1.807) is 0 Å². The van der Waals surface area contributed by atoms with Crippen LogP contribution in [0.3, 0.4) is 0 Å². The van der Waals surface area contributed by atoms with E-state index in [0.29, 0.717) is 5.92 Å². The van der Waals surface area contributed by atoms with Gasteiger partial charge in [0.1, 0.15) is 0 Å². The quantitative estimate of drug-likeness (QED) is 0.785. The summed E-state index contributed by atoms with van der Waals surface area (Å²) in [6, 6.07) is 7.91. The normalized spacial score (nSPS) is 17.5. The lowest BCUT2D eigenvalue weighted by Gasteiger charge is -2.37. The summed E-state index contributed by atoms with van der Waals surface area (Å²) in [7, 11) is 1.94. The maximum atomic E-state index is 12.8. The molecule has 1 saturated heterocycles. The van der Waals surface area contributed by atoms with Gasteiger partial charge < -0.3 is 9.80 Å². The van der Waals surface area contributed by atoms with Gasteiger partial charge in [0.05, 0.1) is 0 Å². The molecule has 1 unspecified atom stereocenters. The Morgan fingerprint density at radius 2 is 1.95 bits per heavy atom. The molecule has 0 spiro atoms. The molecule has 22 heavy (non-hydrogen) atoms. The van der Waals surface area contributed by atoms with Gasteiger partial charge in [-0.15, -0.1) is 0 Å². The van der Waals surface area contributed by atoms with Crippen LogP contribution in [0.2, 0.25) is 0 Å². The molecule has 0 aliphatic carbocycles. The van der Waals surface area contributed by atoms with Crippen LogP contribution in [-0.2, 0) is 0 Å². The van der Waals surface area contributed by atoms with Gasteiger partial charge in [0.2, 0.25) is 0 Å². The molecular formula is C18H27BrN2O. The molecule has 2 rings (SSSR count). The van der Waals surface area contributed by atoms with Crippen molar-refractivity contribution in [1.29, 1.82) is 0 Å². The molecule has 1 aromatic carbocycles. The molecule has 0 aromatic heterocycles. The largest absolute Gasteiger partial charge is 0.337 e. The average molecular weight is 367 g/mol. The smallest absolute Gasteiger partial charge is 0.253 e. The average Bonchev–Trinajstić information content (AvgIpc) is 2.52. The molecule has 122 valence electrons. The Morgan fingerprint density at radius 1 is 1.27 bits per heavy atom. The number of hydrogen-bond acceptors (Lipinski definition) is 2. The van der Waals surface area contributed by atoms with E-state index in [0.717, 1.165) is 16.6 Å². The summed E-state index contributed by atoms with van der Waals surface area (Å²) in [6.07, 6.45) is 3.91. The number of carbonyl (C=O) groups is 1. The summed E-state index contributed by atoms with van der Waals surface area (Å²) in [5.74, 6) is 0.556. The second-order valence-electron chi connectivity index (χ2n) is 6.60. The van der Waals surface area contributed by atoms with Crippen molar-refractivity contribution < 1.29 is 4.79 Å². The van der Waals surface area contributed by atoms with Crippen LogP contribution in [0.1, 0.15) is 43.5 Å². The van der Waals surface area contributed by atoms with Crippen molar-refractivity contribution in [1.82, 2.24) is 9.80 Å². The number of amides is 1. The topological polar surface area (TPSA) is 23.6 Å². The van der Waals surface area contributed by atoms with Crippen LogP contribution >= 0.6 is 15.9 Å². The fourth-order valence-electron chi connectivity index (χ4n) is 3.16. The van der Waals surface area contributed by atoms with Crippen molar-refractivity contribution in [2.75, 3.05) is 26.7 Å². The fourth-order valence-corrected chi connectivity index (χ4v) is 3.56. The number of piperidine rings is 1. The first kappa shape index (κ1) is 17.5. The van der Waals surface area contributed by atoms with E-state index >= 15 is 0 Å². The van der Waals surface area contributed by atoms with Gasteiger partial charge in [-0.3, -0.25) is 4.79 Å². The highest BCUT2D eigenvalue weighted by atomic mass is 79.9. The Balaban J connectivity index is 2.08. The Morgan fingerprint density at radius 3 is 2.55 bits per heavy atom. The molecule has 1 aromatic rings. The summed E-state index contributed by atoms with van der Waals surface area (Å²) in [4.78, 5) is 17.2. The van der Waals surface area contributed by atoms with Gasteiger partial charge in [-0.2, -0.15) is 0 Å². The molecule has 1 amide bonds. The first-order valence-electron chi connectivity index (χ1n) is 8.24. The van der Waals surface area contributed by atoms with Crippen LogP contribution in [0.15, 0.2) is 28.7 Å². The molecule has 1 atom stereocenters. The zero-order valence-electron chi connectivity index (χ0n) is 13.9. The second-order valence-corrected chi connectivity index (χ2v) is 7.51. The highest BCUT2D eigenvalue weighted by Gasteiger charge is 2.26. The van der Waals surface area contributed by atoms with E-state index in [1.807, 2.05) is 36.2 Å². The molecule has 0 radical (unpaired) electrons. The molecule has 1 heterocycles. The van der Waals surface area contributed by atoms with E-state index in [1.165, 1.54) is 32.4 Å². The fraction of sp³-hybridized carbons (Fsp3) is 0.611. The number of carbonyl (C=O) groups excluding carboxylic acids is 1. The summed E-state index contributed by atoms with van der Waals surface area (Å²) < 4.78 is 0.948. The highest BCUT2D eigenvalue weighted by molar-refractivity contribution is 9.10. The minimum atomic E-state index is 0.108. The third-order valence-corrected chi connectivity index (χ3v) is 5.05. The van der Waals surface area contributed by atoms with Crippen LogP contribution in [0, 0.1) is 5.92 Å². The van der Waals surface area contributed by atoms with Crippen LogP contribution in [0.25, 0.3) is 0 Å². The van der Waals surface area contributed by atoms with Crippen molar-refractivity contribution in [3.8, 4) is 0 Å². The van der Waals surface area contributed by atoms with E-state index in [2.05, 4.69) is 34.7 Å². The van der Waals surface area contributed by atoms with Gasteiger partial charge in [-0.1, -0.05) is 42.3 Å². The van der Waals surface area contributed by atoms with Crippen molar-refractivity contribution in [3.63, 3.8) is 0 Å². The molecule has 0 N–H and O–H groups in total. The predicted octanol–water partition coefficient (Wildman–Crippen LogP) is 4.03. The lowest BCUT2D eigenvalue weighted by molar-refractivity contribution is 0.0611. The predicted molar refractivity (Wildman–Crippen MR) is 95.2 cm³/mol. The van der Waals surface area contributed by atoms with E-state index in [-0.39, 0.29) is 11.9 Å². The van der Waals surface area contributed by atoms with Crippen molar-refractivity contribution in [2.24, 2.45) is 5.92 Å². The first-order chi connectivity index (χ1) is 10.5. The minimum absolute atomic E-state index is 0.108. The highest BCUT2D eigenvalue weighted by Crippen LogP contribution is 2.19. The Hall–Kier alpha value is -0.870. The van der Waals surface area contributed by atoms with Crippen molar-refractivity contribution in [3.05, 3.63) is 34.3 Å². The van der Waals surface area contributed by atoms with Gasteiger partial charge in [0, 0.05) is 29.7 Å². The number of benzene rings is 1. The van der Waals surface area contributed by atoms with Gasteiger partial charge >= 0.3 is 0 Å². The summed E-state index contributed by atoms with van der Waals surface area (Å²) in [5.41, 5.74) is 0.751. The number of halogens is 1. The molecule has 3 nitrogen and oxygen atoms in total. The summed E-state index contributed by atoms with van der Waals surface area (Å²) >= 11 is 3.45. The maximum absolute atomic E-state index is 12.8. The van der Waals surface area contributed by atoms with Gasteiger partial charge in [0.25, 0.3) is 5.91 Å². The molecule has 1 fully saturated rings. The molecular weight excluding hydrogens is 340 g/mol. The number of rotatable bonds is 5. The lowest BCUT2D eigenvalue weighted by atomic mass is 10.00. The molecule has 0 saturated carbocycles. The standard InChI is InChI=1S/C18H27BrN2O/c1-14(2)17(13-21-10-5-4-6-11-21)20(3)18(22)15-8-7-9-16(19)12-15/h7-9,12,14,17H,4-6,10-11,13H2,1-3H3. The third-order valence-electron chi connectivity index (χ3n) is 4.55. The van der Waals surface area contributed by atoms with Crippen LogP contribution in [0.4, 0.5) is 0 Å². The first-order valence-corrected chi connectivity index (χ1v) is 9.03. The zero-order chi connectivity index (χ0) is 16.1. The molecule has 1 aliphatic heterocycles. The number of likely N-dealkylation sites (N-methyl/N-ethyl adjacent to an activating group) is 1. The number of nitrogens with zero attached hydrogens (tertiary/aromatic N) is 2. The third kappa shape index (κ3) is 4.56. The van der Waals surface area contributed by atoms with Crippen LogP contribution < -0.4 is 0 Å². The van der Waals surface area contributed by atoms with Gasteiger partial charge in [0.15, 0.2) is 0 Å². The van der Waals surface area contributed by atoms with E-state index in [9.17, 15) is 4.79 Å². The van der Waals surface area contributed by atoms with Gasteiger partial charge in [-0.25, -0.2) is 0 Å². The number of likely N-dealkylation sites (tertiary alicyclic amines) is 1. The maximum Gasteiger partial charge on any atom is 0.253 e. The number of hydrogen-bond donors (Lipinski definition) is 0.